The number of nitrogens with zero attached hydrogens (tertiary/aromatic N) is 1. The van der Waals surface area contributed by atoms with E-state index in [4.69, 9.17) is 5.73 Å². The molecule has 1 aromatic carbocycles. The van der Waals surface area contributed by atoms with Crippen molar-refractivity contribution in [2.75, 3.05) is 4.90 Å². The summed E-state index contributed by atoms with van der Waals surface area (Å²) in [6.07, 6.45) is 1.84. The number of hydrogen-bond donors (Lipinski definition) is 1. The van der Waals surface area contributed by atoms with Gasteiger partial charge < -0.3 is 10.6 Å². The zero-order chi connectivity index (χ0) is 11.4. The van der Waals surface area contributed by atoms with Gasteiger partial charge in [0.05, 0.1) is 0 Å². The van der Waals surface area contributed by atoms with Gasteiger partial charge in [-0.2, -0.15) is 0 Å². The molecule has 0 aliphatic carbocycles. The number of aryl methyl sites for hydroxylation is 1. The van der Waals surface area contributed by atoms with Gasteiger partial charge in [0.25, 0.3) is 0 Å². The molecule has 0 aromatic heterocycles. The number of anilines is 1. The normalized spacial score (nSPS) is 14.4. The van der Waals surface area contributed by atoms with Crippen molar-refractivity contribution in [1.82, 2.24) is 0 Å². The first-order chi connectivity index (χ1) is 7.07. The van der Waals surface area contributed by atoms with Gasteiger partial charge in [-0.25, -0.2) is 0 Å². The highest BCUT2D eigenvalue weighted by Gasteiger charge is 2.16. The Morgan fingerprint density at radius 3 is 2.40 bits per heavy atom. The maximum atomic E-state index is 5.91. The lowest BCUT2D eigenvalue weighted by molar-refractivity contribution is 0.585. The van der Waals surface area contributed by atoms with E-state index in [1.165, 1.54) is 11.3 Å². The number of rotatable bonds is 4. The smallest absolute Gasteiger partial charge is 0.0456 e. The fourth-order valence-electron chi connectivity index (χ4n) is 1.59. The van der Waals surface area contributed by atoms with E-state index in [2.05, 4.69) is 37.5 Å². The van der Waals surface area contributed by atoms with Crippen LogP contribution < -0.4 is 10.6 Å². The Balaban J connectivity index is 3.02. The van der Waals surface area contributed by atoms with Crippen LogP contribution in [-0.4, -0.2) is 12.1 Å². The van der Waals surface area contributed by atoms with E-state index in [1.807, 2.05) is 25.3 Å². The summed E-state index contributed by atoms with van der Waals surface area (Å²) < 4.78 is 0. The van der Waals surface area contributed by atoms with Crippen molar-refractivity contribution >= 4 is 5.69 Å². The van der Waals surface area contributed by atoms with Crippen molar-refractivity contribution in [3.63, 3.8) is 0 Å². The van der Waals surface area contributed by atoms with E-state index in [9.17, 15) is 0 Å². The molecule has 0 saturated carbocycles. The summed E-state index contributed by atoms with van der Waals surface area (Å²) in [6, 6.07) is 8.63. The zero-order valence-corrected chi connectivity index (χ0v) is 9.77. The highest BCUT2D eigenvalue weighted by molar-refractivity contribution is 5.55. The molecule has 0 bridgehead atoms. The predicted molar refractivity (Wildman–Crippen MR) is 67.0 cm³/mol. The Morgan fingerprint density at radius 1 is 1.33 bits per heavy atom. The first-order valence-corrected chi connectivity index (χ1v) is 5.30. The molecule has 1 aromatic rings. The van der Waals surface area contributed by atoms with Gasteiger partial charge in [-0.15, -0.1) is 0 Å². The minimum atomic E-state index is 0.114. The largest absolute Gasteiger partial charge is 0.344 e. The van der Waals surface area contributed by atoms with Crippen molar-refractivity contribution in [3.8, 4) is 0 Å². The van der Waals surface area contributed by atoms with Crippen LogP contribution in [0.15, 0.2) is 37.0 Å². The molecule has 0 spiro atoms. The maximum absolute atomic E-state index is 5.91. The Morgan fingerprint density at radius 2 is 1.93 bits per heavy atom. The van der Waals surface area contributed by atoms with Gasteiger partial charge in [0.1, 0.15) is 0 Å². The zero-order valence-electron chi connectivity index (χ0n) is 9.77. The molecule has 2 nitrogen and oxygen atoms in total. The molecule has 0 aliphatic heterocycles. The summed E-state index contributed by atoms with van der Waals surface area (Å²) in [4.78, 5) is 2.12. The van der Waals surface area contributed by atoms with Crippen LogP contribution in [-0.2, 0) is 0 Å². The monoisotopic (exact) mass is 204 g/mol. The van der Waals surface area contributed by atoms with E-state index in [1.54, 1.807) is 0 Å². The third-order valence-corrected chi connectivity index (χ3v) is 2.79. The van der Waals surface area contributed by atoms with Crippen LogP contribution in [0.5, 0.6) is 0 Å². The quantitative estimate of drug-likeness (QED) is 0.817. The van der Waals surface area contributed by atoms with Gasteiger partial charge in [0, 0.05) is 17.8 Å². The topological polar surface area (TPSA) is 29.3 Å². The minimum Gasteiger partial charge on any atom is -0.344 e. The molecule has 0 aliphatic rings. The summed E-state index contributed by atoms with van der Waals surface area (Å²) in [5.74, 6) is 0. The molecule has 82 valence electrons. The molecule has 2 atom stereocenters. The predicted octanol–water partition coefficient (Wildman–Crippen LogP) is 2.68. The van der Waals surface area contributed by atoms with Crippen LogP contribution in [0.2, 0.25) is 0 Å². The highest BCUT2D eigenvalue weighted by Crippen LogP contribution is 2.22. The van der Waals surface area contributed by atoms with Crippen LogP contribution in [0.3, 0.4) is 0 Å². The second-order valence-corrected chi connectivity index (χ2v) is 3.98. The Bertz CT molecular complexity index is 331. The summed E-state index contributed by atoms with van der Waals surface area (Å²) >= 11 is 0. The third kappa shape index (κ3) is 2.60. The summed E-state index contributed by atoms with van der Waals surface area (Å²) in [7, 11) is 0. The van der Waals surface area contributed by atoms with E-state index in [-0.39, 0.29) is 12.1 Å². The molecular weight excluding hydrogens is 184 g/mol. The van der Waals surface area contributed by atoms with Crippen molar-refractivity contribution in [3.05, 3.63) is 42.6 Å². The molecule has 0 heterocycles. The highest BCUT2D eigenvalue weighted by atomic mass is 15.2. The van der Waals surface area contributed by atoms with Crippen LogP contribution in [0.25, 0.3) is 0 Å². The minimum absolute atomic E-state index is 0.114. The van der Waals surface area contributed by atoms with Crippen LogP contribution in [0, 0.1) is 6.92 Å². The third-order valence-electron chi connectivity index (χ3n) is 2.79. The van der Waals surface area contributed by atoms with Crippen LogP contribution in [0.4, 0.5) is 5.69 Å². The van der Waals surface area contributed by atoms with Crippen LogP contribution >= 0.6 is 0 Å². The maximum Gasteiger partial charge on any atom is 0.0456 e. The number of hydrogen-bond acceptors (Lipinski definition) is 2. The van der Waals surface area contributed by atoms with Crippen LogP contribution in [0.1, 0.15) is 19.4 Å². The first kappa shape index (κ1) is 11.8. The van der Waals surface area contributed by atoms with E-state index in [0.717, 1.165) is 0 Å². The van der Waals surface area contributed by atoms with E-state index < -0.39 is 0 Å². The van der Waals surface area contributed by atoms with Gasteiger partial charge in [0.15, 0.2) is 0 Å². The van der Waals surface area contributed by atoms with Crippen molar-refractivity contribution < 1.29 is 0 Å². The molecule has 0 amide bonds. The van der Waals surface area contributed by atoms with E-state index >= 15 is 0 Å². The fraction of sp³-hybridized carbons (Fsp3) is 0.385. The molecule has 0 saturated heterocycles. The lowest BCUT2D eigenvalue weighted by Crippen LogP contribution is -2.41. The van der Waals surface area contributed by atoms with Crippen molar-refractivity contribution in [2.45, 2.75) is 32.9 Å². The molecule has 0 fully saturated rings. The fourth-order valence-corrected chi connectivity index (χ4v) is 1.59. The summed E-state index contributed by atoms with van der Waals surface area (Å²) in [6.45, 7) is 10.1. The van der Waals surface area contributed by atoms with Gasteiger partial charge in [-0.3, -0.25) is 0 Å². The second-order valence-electron chi connectivity index (χ2n) is 3.98. The number of para-hydroxylation sites is 1. The van der Waals surface area contributed by atoms with Gasteiger partial charge in [-0.1, -0.05) is 24.8 Å². The molecule has 2 heteroatoms. The molecule has 15 heavy (non-hydrogen) atoms. The average molecular weight is 204 g/mol. The summed E-state index contributed by atoms with van der Waals surface area (Å²) in [5.41, 5.74) is 8.33. The molecule has 1 rings (SSSR count). The lowest BCUT2D eigenvalue weighted by Gasteiger charge is -2.31. The standard InChI is InChI=1S/C13H20N2/c1-5-15(12(4)11(3)14)13-9-7-6-8-10(13)2/h5-9,11-12H,1,14H2,2-4H3. The first-order valence-electron chi connectivity index (χ1n) is 5.30. The molecular formula is C13H20N2. The molecule has 0 radical (unpaired) electrons. The summed E-state index contributed by atoms with van der Waals surface area (Å²) in [5, 5.41) is 0. The van der Waals surface area contributed by atoms with Gasteiger partial charge in [-0.05, 0) is 38.6 Å². The Labute approximate surface area is 92.4 Å². The second kappa shape index (κ2) is 4.99. The Kier molecular flexibility index (Phi) is 3.92. The number of nitrogens with two attached hydrogens (primary N) is 1. The van der Waals surface area contributed by atoms with Gasteiger partial charge in [0.2, 0.25) is 0 Å². The van der Waals surface area contributed by atoms with E-state index in [0.29, 0.717) is 0 Å². The van der Waals surface area contributed by atoms with Crippen molar-refractivity contribution in [1.29, 1.82) is 0 Å². The lowest BCUT2D eigenvalue weighted by atomic mass is 10.1. The average Bonchev–Trinajstić information content (AvgIpc) is 2.21. The van der Waals surface area contributed by atoms with Gasteiger partial charge >= 0.3 is 0 Å². The Hall–Kier alpha value is -1.28. The molecule has 2 N–H and O–H groups in total. The van der Waals surface area contributed by atoms with Crippen molar-refractivity contribution in [2.24, 2.45) is 5.73 Å². The molecule has 2 unspecified atom stereocenters. The number of benzene rings is 1. The SMILES string of the molecule is C=CN(c1ccccc1C)C(C)C(C)N.